The number of nitrogen functional groups attached to an aromatic ring is 2. The van der Waals surface area contributed by atoms with Crippen LogP contribution in [0.4, 0.5) is 11.4 Å². The second-order valence-electron chi connectivity index (χ2n) is 9.68. The topological polar surface area (TPSA) is 114 Å². The van der Waals surface area contributed by atoms with E-state index in [0.29, 0.717) is 23.5 Å². The standard InChI is InChI=1S/C31H40N2O5/c1-2-3-4-5-6-20-36-27-15-10-24(11-16-27)31(35)38-28-13-7-23(8-14-28)9-18-30(34)37-21-19-25-22-26(32)12-17-29(25)33/h2,7-9,12-14,17-18,22,24,27H,1,3-6,10-11,15-16,19-21,32-33H2. The zero-order valence-electron chi connectivity index (χ0n) is 22.1. The zero-order valence-corrected chi connectivity index (χ0v) is 22.1. The molecule has 0 heterocycles. The van der Waals surface area contributed by atoms with Crippen molar-refractivity contribution in [3.05, 3.63) is 72.3 Å². The van der Waals surface area contributed by atoms with E-state index in [1.54, 1.807) is 48.5 Å². The van der Waals surface area contributed by atoms with Crippen LogP contribution in [-0.2, 0) is 25.5 Å². The molecule has 1 aliphatic rings. The number of allylic oxidation sites excluding steroid dienone is 1. The number of benzene rings is 2. The number of rotatable bonds is 14. The predicted octanol–water partition coefficient (Wildman–Crippen LogP) is 5.88. The Hall–Kier alpha value is -3.58. The first kappa shape index (κ1) is 29.0. The van der Waals surface area contributed by atoms with Gasteiger partial charge in [-0.05, 0) is 92.5 Å². The van der Waals surface area contributed by atoms with E-state index in [-0.39, 0.29) is 24.6 Å². The lowest BCUT2D eigenvalue weighted by Crippen LogP contribution is -2.29. The fraction of sp³-hybridized carbons (Fsp3) is 0.419. The van der Waals surface area contributed by atoms with E-state index in [9.17, 15) is 9.59 Å². The number of carbonyl (C=O) groups excluding carboxylic acids is 2. The summed E-state index contributed by atoms with van der Waals surface area (Å²) in [5.41, 5.74) is 14.6. The Labute approximate surface area is 225 Å². The molecule has 2 aromatic rings. The van der Waals surface area contributed by atoms with Gasteiger partial charge in [-0.2, -0.15) is 0 Å². The van der Waals surface area contributed by atoms with Gasteiger partial charge in [-0.25, -0.2) is 4.79 Å². The summed E-state index contributed by atoms with van der Waals surface area (Å²) >= 11 is 0. The molecule has 3 rings (SSSR count). The molecule has 0 atom stereocenters. The van der Waals surface area contributed by atoms with Gasteiger partial charge in [-0.1, -0.05) is 24.6 Å². The Morgan fingerprint density at radius 3 is 2.45 bits per heavy atom. The third-order valence-corrected chi connectivity index (χ3v) is 6.71. The first-order chi connectivity index (χ1) is 18.4. The van der Waals surface area contributed by atoms with Crippen molar-refractivity contribution in [1.29, 1.82) is 0 Å². The van der Waals surface area contributed by atoms with Crippen molar-refractivity contribution in [3.8, 4) is 5.75 Å². The molecule has 0 amide bonds. The van der Waals surface area contributed by atoms with Crippen LogP contribution < -0.4 is 16.2 Å². The number of anilines is 2. The second-order valence-corrected chi connectivity index (χ2v) is 9.68. The summed E-state index contributed by atoms with van der Waals surface area (Å²) in [6, 6.07) is 12.3. The van der Waals surface area contributed by atoms with Gasteiger partial charge in [0.2, 0.25) is 0 Å². The Morgan fingerprint density at radius 1 is 0.947 bits per heavy atom. The smallest absolute Gasteiger partial charge is 0.330 e. The lowest BCUT2D eigenvalue weighted by molar-refractivity contribution is -0.141. The summed E-state index contributed by atoms with van der Waals surface area (Å²) in [5, 5.41) is 0. The van der Waals surface area contributed by atoms with Crippen molar-refractivity contribution >= 4 is 29.4 Å². The highest BCUT2D eigenvalue weighted by molar-refractivity contribution is 5.87. The second kappa shape index (κ2) is 15.6. The molecule has 1 aliphatic carbocycles. The first-order valence-corrected chi connectivity index (χ1v) is 13.5. The number of esters is 2. The van der Waals surface area contributed by atoms with Gasteiger partial charge in [0.05, 0.1) is 18.6 Å². The van der Waals surface area contributed by atoms with Crippen LogP contribution in [0.5, 0.6) is 5.75 Å². The van der Waals surface area contributed by atoms with Crippen molar-refractivity contribution in [1.82, 2.24) is 0 Å². The predicted molar refractivity (Wildman–Crippen MR) is 151 cm³/mol. The quantitative estimate of drug-likeness (QED) is 0.0799. The maximum atomic E-state index is 12.6. The van der Waals surface area contributed by atoms with E-state index in [2.05, 4.69) is 6.58 Å². The van der Waals surface area contributed by atoms with Crippen molar-refractivity contribution in [2.45, 2.75) is 63.9 Å². The molecule has 0 unspecified atom stereocenters. The SMILES string of the molecule is C=CCCCCCOC1CCC(C(=O)Oc2ccc(C=CC(=O)OCCc3cc(N)ccc3N)cc2)CC1. The Morgan fingerprint density at radius 2 is 1.71 bits per heavy atom. The number of hydrogen-bond donors (Lipinski definition) is 2. The monoisotopic (exact) mass is 520 g/mol. The van der Waals surface area contributed by atoms with E-state index in [4.69, 9.17) is 25.7 Å². The number of hydrogen-bond acceptors (Lipinski definition) is 7. The molecule has 1 fully saturated rings. The molecule has 0 radical (unpaired) electrons. The van der Waals surface area contributed by atoms with Crippen LogP contribution in [0.2, 0.25) is 0 Å². The van der Waals surface area contributed by atoms with E-state index in [1.807, 2.05) is 6.08 Å². The molecule has 204 valence electrons. The summed E-state index contributed by atoms with van der Waals surface area (Å²) in [6.45, 7) is 4.73. The van der Waals surface area contributed by atoms with Gasteiger partial charge in [0.1, 0.15) is 5.75 Å². The molecule has 2 aromatic carbocycles. The highest BCUT2D eigenvalue weighted by atomic mass is 16.5. The van der Waals surface area contributed by atoms with E-state index in [0.717, 1.165) is 69.1 Å². The largest absolute Gasteiger partial charge is 0.462 e. The van der Waals surface area contributed by atoms with Crippen LogP contribution in [0.25, 0.3) is 6.08 Å². The number of unbranched alkanes of at least 4 members (excludes halogenated alkanes) is 3. The highest BCUT2D eigenvalue weighted by Gasteiger charge is 2.28. The summed E-state index contributed by atoms with van der Waals surface area (Å²) in [5.74, 6) is -0.248. The van der Waals surface area contributed by atoms with Crippen LogP contribution in [0.15, 0.2) is 61.2 Å². The molecule has 0 aromatic heterocycles. The average Bonchev–Trinajstić information content (AvgIpc) is 2.92. The molecular formula is C31H40N2O5. The van der Waals surface area contributed by atoms with Gasteiger partial charge in [0, 0.05) is 30.5 Å². The highest BCUT2D eigenvalue weighted by Crippen LogP contribution is 2.28. The van der Waals surface area contributed by atoms with Crippen molar-refractivity contribution in [2.75, 3.05) is 24.7 Å². The van der Waals surface area contributed by atoms with Gasteiger partial charge in [-0.3, -0.25) is 4.79 Å². The number of ether oxygens (including phenoxy) is 3. The number of carbonyl (C=O) groups is 2. The van der Waals surface area contributed by atoms with E-state index in [1.165, 1.54) is 6.08 Å². The summed E-state index contributed by atoms with van der Waals surface area (Å²) in [4.78, 5) is 24.7. The van der Waals surface area contributed by atoms with Gasteiger partial charge < -0.3 is 25.7 Å². The lowest BCUT2D eigenvalue weighted by atomic mass is 9.87. The van der Waals surface area contributed by atoms with Gasteiger partial charge in [0.15, 0.2) is 0 Å². The minimum atomic E-state index is -0.449. The third-order valence-electron chi connectivity index (χ3n) is 6.71. The van der Waals surface area contributed by atoms with Gasteiger partial charge in [0.25, 0.3) is 0 Å². The normalized spacial score (nSPS) is 17.3. The van der Waals surface area contributed by atoms with Gasteiger partial charge in [-0.15, -0.1) is 6.58 Å². The van der Waals surface area contributed by atoms with E-state index >= 15 is 0 Å². The summed E-state index contributed by atoms with van der Waals surface area (Å²) in [6.07, 6.45) is 13.5. The molecule has 1 saturated carbocycles. The van der Waals surface area contributed by atoms with Crippen LogP contribution >= 0.6 is 0 Å². The molecule has 7 nitrogen and oxygen atoms in total. The van der Waals surface area contributed by atoms with Crippen molar-refractivity contribution in [2.24, 2.45) is 5.92 Å². The molecule has 0 spiro atoms. The zero-order chi connectivity index (χ0) is 27.2. The molecule has 0 aliphatic heterocycles. The molecule has 0 bridgehead atoms. The van der Waals surface area contributed by atoms with Crippen molar-refractivity contribution < 1.29 is 23.8 Å². The fourth-order valence-corrected chi connectivity index (χ4v) is 4.45. The fourth-order valence-electron chi connectivity index (χ4n) is 4.45. The number of nitrogens with two attached hydrogens (primary N) is 2. The lowest BCUT2D eigenvalue weighted by Gasteiger charge is -2.27. The molecule has 7 heteroatoms. The Balaban J connectivity index is 1.34. The molecule has 38 heavy (non-hydrogen) atoms. The average molecular weight is 521 g/mol. The molecule has 0 saturated heterocycles. The minimum absolute atomic E-state index is 0.0977. The van der Waals surface area contributed by atoms with Crippen LogP contribution in [0.1, 0.15) is 62.5 Å². The van der Waals surface area contributed by atoms with Crippen molar-refractivity contribution in [3.63, 3.8) is 0 Å². The van der Waals surface area contributed by atoms with Crippen LogP contribution in [-0.4, -0.2) is 31.3 Å². The Bertz CT molecular complexity index is 1070. The van der Waals surface area contributed by atoms with Gasteiger partial charge >= 0.3 is 11.9 Å². The summed E-state index contributed by atoms with van der Waals surface area (Å²) < 4.78 is 16.8. The Kier molecular flexibility index (Phi) is 11.9. The molecular weight excluding hydrogens is 480 g/mol. The van der Waals surface area contributed by atoms with Crippen LogP contribution in [0.3, 0.4) is 0 Å². The first-order valence-electron chi connectivity index (χ1n) is 13.5. The maximum Gasteiger partial charge on any atom is 0.330 e. The maximum absolute atomic E-state index is 12.6. The summed E-state index contributed by atoms with van der Waals surface area (Å²) in [7, 11) is 0. The third kappa shape index (κ3) is 10.1. The van der Waals surface area contributed by atoms with E-state index < -0.39 is 5.97 Å². The minimum Gasteiger partial charge on any atom is -0.462 e. The molecule has 4 N–H and O–H groups in total. The van der Waals surface area contributed by atoms with Crippen LogP contribution in [0, 0.1) is 5.92 Å².